The van der Waals surface area contributed by atoms with Crippen molar-refractivity contribution in [3.8, 4) is 5.75 Å². The normalized spacial score (nSPS) is 10.2. The lowest BCUT2D eigenvalue weighted by atomic mass is 10.2. The maximum Gasteiger partial charge on any atom is 0.251 e. The fourth-order valence-electron chi connectivity index (χ4n) is 1.50. The van der Waals surface area contributed by atoms with Crippen molar-refractivity contribution in [1.29, 1.82) is 0 Å². The molecule has 0 fully saturated rings. The van der Waals surface area contributed by atoms with Crippen molar-refractivity contribution >= 4 is 28.5 Å². The molecule has 0 bridgehead atoms. The summed E-state index contributed by atoms with van der Waals surface area (Å²) >= 11 is 2.34. The molecule has 100 valence electrons. The molecule has 1 amide bonds. The largest absolute Gasteiger partial charge is 0.494 e. The van der Waals surface area contributed by atoms with E-state index in [9.17, 15) is 9.18 Å². The molecule has 1 aromatic carbocycles. The Labute approximate surface area is 120 Å². The predicted octanol–water partition coefficient (Wildman–Crippen LogP) is 3.17. The molecule has 3 nitrogen and oxygen atoms in total. The molecule has 0 radical (unpaired) electrons. The minimum atomic E-state index is -0.462. The van der Waals surface area contributed by atoms with Gasteiger partial charge in [-0.15, -0.1) is 0 Å². The summed E-state index contributed by atoms with van der Waals surface area (Å²) in [6.45, 7) is 0.648. The van der Waals surface area contributed by atoms with Crippen molar-refractivity contribution < 1.29 is 13.9 Å². The molecule has 0 atom stereocenters. The summed E-state index contributed by atoms with van der Waals surface area (Å²) in [7, 11) is 1.38. The Hall–Kier alpha value is -0.850. The number of hydrogen-bond donors (Lipinski definition) is 1. The molecule has 1 N–H and O–H groups in total. The molecule has 0 aromatic heterocycles. The summed E-state index contributed by atoms with van der Waals surface area (Å²) in [5.41, 5.74) is 0.419. The smallest absolute Gasteiger partial charge is 0.251 e. The van der Waals surface area contributed by atoms with Gasteiger partial charge in [-0.05, 0) is 35.5 Å². The zero-order valence-corrected chi connectivity index (χ0v) is 12.5. The van der Waals surface area contributed by atoms with Gasteiger partial charge in [-0.2, -0.15) is 0 Å². The van der Waals surface area contributed by atoms with E-state index >= 15 is 0 Å². The average molecular weight is 365 g/mol. The van der Waals surface area contributed by atoms with Crippen molar-refractivity contribution in [2.24, 2.45) is 0 Å². The second-order valence-electron chi connectivity index (χ2n) is 3.85. The Morgan fingerprint density at radius 3 is 2.83 bits per heavy atom. The Bertz CT molecular complexity index is 399. The number of methoxy groups -OCH3 is 1. The number of alkyl halides is 1. The molecular formula is C13H17FINO2. The van der Waals surface area contributed by atoms with Gasteiger partial charge in [0.15, 0.2) is 11.6 Å². The van der Waals surface area contributed by atoms with Gasteiger partial charge in [0.1, 0.15) is 0 Å². The van der Waals surface area contributed by atoms with E-state index in [2.05, 4.69) is 27.9 Å². The molecule has 0 heterocycles. The third kappa shape index (κ3) is 4.80. The number of carbonyl (C=O) groups excluding carboxylic acids is 1. The van der Waals surface area contributed by atoms with Crippen LogP contribution in [0, 0.1) is 5.82 Å². The van der Waals surface area contributed by atoms with Gasteiger partial charge < -0.3 is 10.1 Å². The molecule has 0 aliphatic heterocycles. The number of halogens is 2. The van der Waals surface area contributed by atoms with E-state index in [-0.39, 0.29) is 11.7 Å². The zero-order chi connectivity index (χ0) is 13.4. The summed E-state index contributed by atoms with van der Waals surface area (Å²) in [6, 6.07) is 4.11. The third-order valence-corrected chi connectivity index (χ3v) is 3.27. The van der Waals surface area contributed by atoms with Crippen LogP contribution in [0.1, 0.15) is 29.6 Å². The number of ether oxygens (including phenoxy) is 1. The van der Waals surface area contributed by atoms with E-state index < -0.39 is 5.82 Å². The minimum absolute atomic E-state index is 0.0903. The SMILES string of the molecule is COc1cc(C(=O)NCCCCCI)ccc1F. The molecule has 0 aliphatic rings. The van der Waals surface area contributed by atoms with E-state index in [1.54, 1.807) is 0 Å². The highest BCUT2D eigenvalue weighted by Gasteiger charge is 2.09. The summed E-state index contributed by atoms with van der Waals surface area (Å²) in [5.74, 6) is -0.563. The van der Waals surface area contributed by atoms with Gasteiger partial charge in [0.05, 0.1) is 7.11 Å². The number of hydrogen-bond acceptors (Lipinski definition) is 2. The van der Waals surface area contributed by atoms with E-state index in [1.807, 2.05) is 0 Å². The van der Waals surface area contributed by atoms with Crippen molar-refractivity contribution in [2.75, 3.05) is 18.1 Å². The van der Waals surface area contributed by atoms with Crippen LogP contribution < -0.4 is 10.1 Å². The van der Waals surface area contributed by atoms with Crippen LogP contribution >= 0.6 is 22.6 Å². The first-order chi connectivity index (χ1) is 8.69. The standard InChI is InChI=1S/C13H17FINO2/c1-18-12-9-10(5-6-11(12)14)13(17)16-8-4-2-3-7-15/h5-6,9H,2-4,7-8H2,1H3,(H,16,17). The van der Waals surface area contributed by atoms with E-state index in [0.717, 1.165) is 17.3 Å². The fourth-order valence-corrected chi connectivity index (χ4v) is 2.04. The third-order valence-electron chi connectivity index (χ3n) is 2.51. The molecule has 18 heavy (non-hydrogen) atoms. The molecule has 5 heteroatoms. The fraction of sp³-hybridized carbons (Fsp3) is 0.462. The molecule has 1 rings (SSSR count). The Kier molecular flexibility index (Phi) is 7.00. The van der Waals surface area contributed by atoms with Crippen molar-refractivity contribution in [3.63, 3.8) is 0 Å². The van der Waals surface area contributed by atoms with Gasteiger partial charge in [-0.25, -0.2) is 4.39 Å². The highest BCUT2D eigenvalue weighted by Crippen LogP contribution is 2.18. The Balaban J connectivity index is 2.46. The van der Waals surface area contributed by atoms with Crippen LogP contribution in [0.15, 0.2) is 18.2 Å². The van der Waals surface area contributed by atoms with Crippen LogP contribution in [-0.2, 0) is 0 Å². The van der Waals surface area contributed by atoms with Crippen molar-refractivity contribution in [2.45, 2.75) is 19.3 Å². The molecule has 0 saturated heterocycles. The maximum atomic E-state index is 13.2. The van der Waals surface area contributed by atoms with Crippen molar-refractivity contribution in [1.82, 2.24) is 5.32 Å². The predicted molar refractivity (Wildman–Crippen MR) is 78.0 cm³/mol. The topological polar surface area (TPSA) is 38.3 Å². The van der Waals surface area contributed by atoms with Gasteiger partial charge in [-0.1, -0.05) is 29.0 Å². The van der Waals surface area contributed by atoms with Crippen LogP contribution in [0.5, 0.6) is 5.75 Å². The summed E-state index contributed by atoms with van der Waals surface area (Å²) in [5, 5.41) is 2.81. The van der Waals surface area contributed by atoms with E-state index in [0.29, 0.717) is 12.1 Å². The van der Waals surface area contributed by atoms with E-state index in [4.69, 9.17) is 4.74 Å². The Morgan fingerprint density at radius 2 is 2.17 bits per heavy atom. The maximum absolute atomic E-state index is 13.2. The van der Waals surface area contributed by atoms with Crippen LogP contribution in [0.4, 0.5) is 4.39 Å². The van der Waals surface area contributed by atoms with Crippen LogP contribution in [0.2, 0.25) is 0 Å². The molecule has 0 unspecified atom stereocenters. The lowest BCUT2D eigenvalue weighted by molar-refractivity contribution is 0.0952. The molecular weight excluding hydrogens is 348 g/mol. The van der Waals surface area contributed by atoms with Gasteiger partial charge in [0.25, 0.3) is 5.91 Å². The highest BCUT2D eigenvalue weighted by atomic mass is 127. The number of benzene rings is 1. The van der Waals surface area contributed by atoms with Crippen LogP contribution in [0.25, 0.3) is 0 Å². The number of carbonyl (C=O) groups is 1. The van der Waals surface area contributed by atoms with Crippen molar-refractivity contribution in [3.05, 3.63) is 29.6 Å². The van der Waals surface area contributed by atoms with Gasteiger partial charge in [0.2, 0.25) is 0 Å². The van der Waals surface area contributed by atoms with Gasteiger partial charge >= 0.3 is 0 Å². The number of nitrogens with one attached hydrogen (secondary N) is 1. The molecule has 1 aromatic rings. The number of amides is 1. The Morgan fingerprint density at radius 1 is 1.39 bits per heavy atom. The number of unbranched alkanes of at least 4 members (excludes halogenated alkanes) is 2. The molecule has 0 saturated carbocycles. The summed E-state index contributed by atoms with van der Waals surface area (Å²) in [4.78, 5) is 11.8. The first-order valence-electron chi connectivity index (χ1n) is 5.86. The first-order valence-corrected chi connectivity index (χ1v) is 7.39. The lowest BCUT2D eigenvalue weighted by Gasteiger charge is -2.07. The lowest BCUT2D eigenvalue weighted by Crippen LogP contribution is -2.24. The summed E-state index contributed by atoms with van der Waals surface area (Å²) in [6.07, 6.45) is 3.24. The molecule has 0 spiro atoms. The molecule has 0 aliphatic carbocycles. The average Bonchev–Trinajstić information content (AvgIpc) is 2.38. The quantitative estimate of drug-likeness (QED) is 0.458. The van der Waals surface area contributed by atoms with Crippen LogP contribution in [0.3, 0.4) is 0 Å². The second-order valence-corrected chi connectivity index (χ2v) is 4.93. The monoisotopic (exact) mass is 365 g/mol. The van der Waals surface area contributed by atoms with E-state index in [1.165, 1.54) is 31.7 Å². The first kappa shape index (κ1) is 15.2. The summed E-state index contributed by atoms with van der Waals surface area (Å²) < 4.78 is 19.1. The van der Waals surface area contributed by atoms with Crippen LogP contribution in [-0.4, -0.2) is 24.0 Å². The van der Waals surface area contributed by atoms with Gasteiger partial charge in [-0.3, -0.25) is 4.79 Å². The second kappa shape index (κ2) is 8.29. The van der Waals surface area contributed by atoms with Gasteiger partial charge in [0, 0.05) is 12.1 Å². The minimum Gasteiger partial charge on any atom is -0.494 e. The number of rotatable bonds is 7. The highest BCUT2D eigenvalue weighted by molar-refractivity contribution is 14.1. The zero-order valence-electron chi connectivity index (χ0n) is 10.3.